The van der Waals surface area contributed by atoms with Crippen LogP contribution in [0.15, 0.2) is 54.6 Å². The van der Waals surface area contributed by atoms with Crippen molar-refractivity contribution in [2.45, 2.75) is 19.9 Å². The molecule has 0 spiro atoms. The van der Waals surface area contributed by atoms with E-state index in [4.69, 9.17) is 4.74 Å². The van der Waals surface area contributed by atoms with E-state index in [2.05, 4.69) is 16.0 Å². The Morgan fingerprint density at radius 2 is 1.61 bits per heavy atom. The van der Waals surface area contributed by atoms with Crippen LogP contribution in [0.4, 0.5) is 20.6 Å². The highest BCUT2D eigenvalue weighted by atomic mass is 19.1. The van der Waals surface area contributed by atoms with Gasteiger partial charge in [-0.3, -0.25) is 4.79 Å². The van der Waals surface area contributed by atoms with Gasteiger partial charge in [0.05, 0.1) is 5.69 Å². The third kappa shape index (κ3) is 6.39. The van der Waals surface area contributed by atoms with E-state index < -0.39 is 36.4 Å². The van der Waals surface area contributed by atoms with Crippen molar-refractivity contribution in [3.8, 4) is 0 Å². The van der Waals surface area contributed by atoms with E-state index in [9.17, 15) is 18.8 Å². The first-order valence-electron chi connectivity index (χ1n) is 8.70. The minimum absolute atomic E-state index is 0.00989. The van der Waals surface area contributed by atoms with Crippen molar-refractivity contribution >= 4 is 29.3 Å². The molecule has 0 fully saturated rings. The maximum Gasteiger partial charge on any atom is 0.329 e. The molecule has 1 atom stereocenters. The molecule has 0 aromatic heterocycles. The highest BCUT2D eigenvalue weighted by Gasteiger charge is 2.26. The summed E-state index contributed by atoms with van der Waals surface area (Å²) in [6, 6.07) is 12.9. The maximum absolute atomic E-state index is 13.5. The number of hydrogen-bond acceptors (Lipinski definition) is 4. The minimum atomic E-state index is -0.954. The number of carbonyl (C=O) groups excluding carboxylic acids is 3. The van der Waals surface area contributed by atoms with Gasteiger partial charge in [-0.25, -0.2) is 14.0 Å². The molecule has 0 heterocycles. The van der Waals surface area contributed by atoms with Gasteiger partial charge in [-0.1, -0.05) is 44.2 Å². The van der Waals surface area contributed by atoms with Gasteiger partial charge in [-0.15, -0.1) is 0 Å². The number of anilines is 2. The first kappa shape index (κ1) is 20.9. The van der Waals surface area contributed by atoms with E-state index in [-0.39, 0.29) is 11.6 Å². The molecule has 2 aromatic rings. The normalized spacial score (nSPS) is 11.4. The lowest BCUT2D eigenvalue weighted by atomic mass is 10.1. The molecule has 2 aromatic carbocycles. The second-order valence-electron chi connectivity index (χ2n) is 6.32. The van der Waals surface area contributed by atoms with E-state index in [0.29, 0.717) is 5.69 Å². The van der Waals surface area contributed by atoms with Crippen molar-refractivity contribution in [3.05, 3.63) is 60.4 Å². The zero-order valence-electron chi connectivity index (χ0n) is 15.6. The summed E-state index contributed by atoms with van der Waals surface area (Å²) in [5.74, 6) is -2.32. The molecule has 3 amide bonds. The third-order valence-corrected chi connectivity index (χ3v) is 3.73. The first-order chi connectivity index (χ1) is 13.4. The number of carbonyl (C=O) groups is 3. The van der Waals surface area contributed by atoms with Crippen LogP contribution in [0.1, 0.15) is 13.8 Å². The molecular weight excluding hydrogens is 365 g/mol. The second kappa shape index (κ2) is 10.1. The molecule has 28 heavy (non-hydrogen) atoms. The van der Waals surface area contributed by atoms with Crippen LogP contribution in [0.5, 0.6) is 0 Å². The zero-order chi connectivity index (χ0) is 20.5. The van der Waals surface area contributed by atoms with Crippen LogP contribution >= 0.6 is 0 Å². The van der Waals surface area contributed by atoms with Crippen molar-refractivity contribution in [3.63, 3.8) is 0 Å². The number of ether oxygens (including phenoxy) is 1. The highest BCUT2D eigenvalue weighted by Crippen LogP contribution is 2.12. The largest absolute Gasteiger partial charge is 0.454 e. The van der Waals surface area contributed by atoms with E-state index >= 15 is 0 Å². The maximum atomic E-state index is 13.5. The van der Waals surface area contributed by atoms with Crippen LogP contribution in [0.2, 0.25) is 0 Å². The summed E-state index contributed by atoms with van der Waals surface area (Å²) in [5.41, 5.74) is 0.560. The number of halogens is 1. The molecule has 0 bridgehead atoms. The van der Waals surface area contributed by atoms with Crippen LogP contribution in [0, 0.1) is 11.7 Å². The minimum Gasteiger partial charge on any atom is -0.454 e. The molecule has 0 radical (unpaired) electrons. The predicted molar refractivity (Wildman–Crippen MR) is 103 cm³/mol. The Morgan fingerprint density at radius 1 is 0.964 bits per heavy atom. The topological polar surface area (TPSA) is 96.5 Å². The van der Waals surface area contributed by atoms with Gasteiger partial charge >= 0.3 is 12.0 Å². The fourth-order valence-corrected chi connectivity index (χ4v) is 2.30. The number of benzene rings is 2. The molecule has 0 aliphatic rings. The molecule has 0 unspecified atom stereocenters. The van der Waals surface area contributed by atoms with Gasteiger partial charge in [-0.05, 0) is 30.2 Å². The van der Waals surface area contributed by atoms with Gasteiger partial charge in [0.15, 0.2) is 6.61 Å². The smallest absolute Gasteiger partial charge is 0.329 e. The molecule has 0 aliphatic carbocycles. The van der Waals surface area contributed by atoms with Crippen molar-refractivity contribution in [1.29, 1.82) is 0 Å². The fraction of sp³-hybridized carbons (Fsp3) is 0.250. The highest BCUT2D eigenvalue weighted by molar-refractivity contribution is 5.95. The number of hydrogen-bond donors (Lipinski definition) is 3. The standard InChI is InChI=1S/C20H22FN3O4/c1-13(2)18(24-20(27)22-14-8-4-3-5-9-14)19(26)28-12-17(25)23-16-11-7-6-10-15(16)21/h3-11,13,18H,12H2,1-2H3,(H,23,25)(H2,22,24,27)/t18-/m0/s1. The van der Waals surface area contributed by atoms with Gasteiger partial charge < -0.3 is 20.7 Å². The molecule has 0 aliphatic heterocycles. The number of para-hydroxylation sites is 2. The van der Waals surface area contributed by atoms with E-state index in [0.717, 1.165) is 0 Å². The van der Waals surface area contributed by atoms with E-state index in [1.54, 1.807) is 44.2 Å². The summed E-state index contributed by atoms with van der Waals surface area (Å²) in [6.07, 6.45) is 0. The number of esters is 1. The lowest BCUT2D eigenvalue weighted by Crippen LogP contribution is -2.47. The zero-order valence-corrected chi connectivity index (χ0v) is 15.6. The summed E-state index contributed by atoms with van der Waals surface area (Å²) >= 11 is 0. The van der Waals surface area contributed by atoms with Crippen molar-refractivity contribution in [1.82, 2.24) is 5.32 Å². The molecule has 7 nitrogen and oxygen atoms in total. The SMILES string of the molecule is CC(C)[C@H](NC(=O)Nc1ccccc1)C(=O)OCC(=O)Nc1ccccc1F. The Morgan fingerprint density at radius 3 is 2.25 bits per heavy atom. The molecule has 8 heteroatoms. The summed E-state index contributed by atoms with van der Waals surface area (Å²) in [4.78, 5) is 36.2. The number of urea groups is 1. The van der Waals surface area contributed by atoms with Gasteiger partial charge in [0.1, 0.15) is 11.9 Å². The van der Waals surface area contributed by atoms with Gasteiger partial charge in [0.25, 0.3) is 5.91 Å². The molecule has 3 N–H and O–H groups in total. The number of nitrogens with one attached hydrogen (secondary N) is 3. The van der Waals surface area contributed by atoms with Crippen LogP contribution in [0.3, 0.4) is 0 Å². The molecule has 0 saturated heterocycles. The van der Waals surface area contributed by atoms with Crippen molar-refractivity contribution in [2.24, 2.45) is 5.92 Å². The molecule has 0 saturated carbocycles. The molecule has 2 rings (SSSR count). The molecule has 148 valence electrons. The monoisotopic (exact) mass is 387 g/mol. The third-order valence-electron chi connectivity index (χ3n) is 3.73. The van der Waals surface area contributed by atoms with Gasteiger partial charge in [-0.2, -0.15) is 0 Å². The predicted octanol–water partition coefficient (Wildman–Crippen LogP) is 3.15. The van der Waals surface area contributed by atoms with E-state index in [1.807, 2.05) is 6.07 Å². The first-order valence-corrected chi connectivity index (χ1v) is 8.70. The summed E-state index contributed by atoms with van der Waals surface area (Å²) in [5, 5.41) is 7.45. The summed E-state index contributed by atoms with van der Waals surface area (Å²) < 4.78 is 18.5. The summed E-state index contributed by atoms with van der Waals surface area (Å²) in [6.45, 7) is 2.86. The number of rotatable bonds is 7. The van der Waals surface area contributed by atoms with Crippen LogP contribution < -0.4 is 16.0 Å². The van der Waals surface area contributed by atoms with Crippen LogP contribution in [0.25, 0.3) is 0 Å². The Bertz CT molecular complexity index is 827. The lowest BCUT2D eigenvalue weighted by molar-refractivity contribution is -0.150. The quantitative estimate of drug-likeness (QED) is 0.636. The Balaban J connectivity index is 1.87. The van der Waals surface area contributed by atoms with Gasteiger partial charge in [0.2, 0.25) is 0 Å². The Kier molecular flexibility index (Phi) is 7.50. The van der Waals surface area contributed by atoms with Crippen molar-refractivity contribution in [2.75, 3.05) is 17.2 Å². The Hall–Kier alpha value is -3.42. The lowest BCUT2D eigenvalue weighted by Gasteiger charge is -2.21. The Labute approximate surface area is 162 Å². The summed E-state index contributed by atoms with van der Waals surface area (Å²) in [7, 11) is 0. The second-order valence-corrected chi connectivity index (χ2v) is 6.32. The van der Waals surface area contributed by atoms with E-state index in [1.165, 1.54) is 18.2 Å². The molecular formula is C20H22FN3O4. The van der Waals surface area contributed by atoms with Gasteiger partial charge in [0, 0.05) is 5.69 Å². The van der Waals surface area contributed by atoms with Crippen LogP contribution in [-0.2, 0) is 14.3 Å². The average molecular weight is 387 g/mol. The van der Waals surface area contributed by atoms with Crippen molar-refractivity contribution < 1.29 is 23.5 Å². The average Bonchev–Trinajstić information content (AvgIpc) is 2.66. The fourth-order valence-electron chi connectivity index (χ4n) is 2.30. The number of amides is 3. The van der Waals surface area contributed by atoms with Crippen LogP contribution in [-0.4, -0.2) is 30.6 Å².